The predicted octanol–water partition coefficient (Wildman–Crippen LogP) is 3.30. The minimum absolute atomic E-state index is 0.0759. The van der Waals surface area contributed by atoms with Crippen LogP contribution < -0.4 is 5.73 Å². The average Bonchev–Trinajstić information content (AvgIpc) is 2.44. The van der Waals surface area contributed by atoms with E-state index in [4.69, 9.17) is 10.5 Å². The molecule has 2 rings (SSSR count). The Morgan fingerprint density at radius 2 is 1.85 bits per heavy atom. The molecule has 2 aromatic carbocycles. The highest BCUT2D eigenvalue weighted by Gasteiger charge is 2.06. The number of aromatic hydroxyl groups is 1. The van der Waals surface area contributed by atoms with Crippen molar-refractivity contribution in [3.63, 3.8) is 0 Å². The molecule has 0 bridgehead atoms. The minimum atomic E-state index is -0.321. The zero-order chi connectivity index (χ0) is 14.5. The first-order valence-corrected chi connectivity index (χ1v) is 6.95. The van der Waals surface area contributed by atoms with Crippen LogP contribution in [0.15, 0.2) is 52.3 Å². The number of nitrogen functional groups attached to an aromatic ring is 1. The quantitative estimate of drug-likeness (QED) is 0.513. The third-order valence-corrected chi connectivity index (χ3v) is 3.60. The van der Waals surface area contributed by atoms with E-state index in [1.165, 1.54) is 11.8 Å². The number of esters is 1. The number of anilines is 1. The summed E-state index contributed by atoms with van der Waals surface area (Å²) in [6.07, 6.45) is 0. The predicted molar refractivity (Wildman–Crippen MR) is 79.0 cm³/mol. The van der Waals surface area contributed by atoms with E-state index in [9.17, 15) is 9.90 Å². The van der Waals surface area contributed by atoms with Gasteiger partial charge in [0.15, 0.2) is 0 Å². The molecule has 0 spiro atoms. The molecule has 0 atom stereocenters. The Kier molecular flexibility index (Phi) is 4.53. The van der Waals surface area contributed by atoms with E-state index in [0.717, 1.165) is 9.79 Å². The van der Waals surface area contributed by atoms with Crippen LogP contribution in [-0.2, 0) is 4.74 Å². The molecule has 0 fully saturated rings. The molecule has 0 aliphatic rings. The fourth-order valence-electron chi connectivity index (χ4n) is 1.61. The van der Waals surface area contributed by atoms with Gasteiger partial charge in [0.05, 0.1) is 17.9 Å². The molecule has 0 amide bonds. The molecule has 20 heavy (non-hydrogen) atoms. The molecular weight excluding hydrogens is 274 g/mol. The smallest absolute Gasteiger partial charge is 0.338 e. The van der Waals surface area contributed by atoms with Crippen molar-refractivity contribution < 1.29 is 14.6 Å². The molecule has 0 saturated carbocycles. The lowest BCUT2D eigenvalue weighted by molar-refractivity contribution is 0.0526. The summed E-state index contributed by atoms with van der Waals surface area (Å²) in [6.45, 7) is 2.14. The molecule has 0 unspecified atom stereocenters. The van der Waals surface area contributed by atoms with Gasteiger partial charge in [-0.05, 0) is 49.4 Å². The van der Waals surface area contributed by atoms with Gasteiger partial charge in [-0.15, -0.1) is 0 Å². The van der Waals surface area contributed by atoms with Crippen LogP contribution in [0.1, 0.15) is 17.3 Å². The van der Waals surface area contributed by atoms with Crippen LogP contribution >= 0.6 is 11.8 Å². The number of phenolic OH excluding ortho intramolecular Hbond substituents is 1. The Hall–Kier alpha value is -2.14. The first-order chi connectivity index (χ1) is 9.60. The molecule has 0 aliphatic carbocycles. The second-order valence-corrected chi connectivity index (χ2v) is 5.21. The maximum absolute atomic E-state index is 11.5. The fourth-order valence-corrected chi connectivity index (χ4v) is 2.47. The molecule has 0 heterocycles. The molecule has 3 N–H and O–H groups in total. The highest BCUT2D eigenvalue weighted by Crippen LogP contribution is 2.32. The van der Waals surface area contributed by atoms with Gasteiger partial charge in [0.2, 0.25) is 0 Å². The number of nitrogens with two attached hydrogens (primary N) is 1. The number of ether oxygens (including phenoxy) is 1. The number of hydrogen-bond acceptors (Lipinski definition) is 5. The van der Waals surface area contributed by atoms with E-state index < -0.39 is 0 Å². The van der Waals surface area contributed by atoms with E-state index in [-0.39, 0.29) is 11.7 Å². The maximum Gasteiger partial charge on any atom is 0.338 e. The highest BCUT2D eigenvalue weighted by atomic mass is 32.2. The molecule has 4 nitrogen and oxygen atoms in total. The molecule has 0 aliphatic heterocycles. The number of benzene rings is 2. The Balaban J connectivity index is 2.10. The molecular formula is C15H15NO3S. The van der Waals surface area contributed by atoms with Crippen LogP contribution in [0.2, 0.25) is 0 Å². The molecule has 0 radical (unpaired) electrons. The van der Waals surface area contributed by atoms with Gasteiger partial charge in [0.25, 0.3) is 0 Å². The first-order valence-electron chi connectivity index (χ1n) is 6.13. The second kappa shape index (κ2) is 6.34. The summed E-state index contributed by atoms with van der Waals surface area (Å²) in [5.41, 5.74) is 6.52. The summed E-state index contributed by atoms with van der Waals surface area (Å²) < 4.78 is 4.92. The minimum Gasteiger partial charge on any atom is -0.506 e. The Morgan fingerprint density at radius 3 is 2.45 bits per heavy atom. The number of phenols is 1. The van der Waals surface area contributed by atoms with Crippen molar-refractivity contribution in [3.8, 4) is 5.75 Å². The lowest BCUT2D eigenvalue weighted by Gasteiger charge is -2.05. The highest BCUT2D eigenvalue weighted by molar-refractivity contribution is 7.99. The van der Waals surface area contributed by atoms with Crippen LogP contribution in [0.3, 0.4) is 0 Å². The number of carbonyl (C=O) groups is 1. The molecule has 104 valence electrons. The lowest BCUT2D eigenvalue weighted by Crippen LogP contribution is -2.03. The maximum atomic E-state index is 11.5. The van der Waals surface area contributed by atoms with Gasteiger partial charge in [-0.3, -0.25) is 0 Å². The van der Waals surface area contributed by atoms with Gasteiger partial charge in [-0.1, -0.05) is 11.8 Å². The third-order valence-electron chi connectivity index (χ3n) is 2.60. The van der Waals surface area contributed by atoms with Crippen LogP contribution in [0, 0.1) is 0 Å². The Morgan fingerprint density at radius 1 is 1.20 bits per heavy atom. The normalized spacial score (nSPS) is 10.2. The van der Waals surface area contributed by atoms with E-state index in [0.29, 0.717) is 17.9 Å². The first kappa shape index (κ1) is 14.3. The summed E-state index contributed by atoms with van der Waals surface area (Å²) in [5.74, 6) is -0.245. The number of hydrogen-bond donors (Lipinski definition) is 2. The molecule has 5 heteroatoms. The summed E-state index contributed by atoms with van der Waals surface area (Å²) in [5, 5.41) is 9.37. The van der Waals surface area contributed by atoms with Gasteiger partial charge in [0.1, 0.15) is 5.75 Å². The number of rotatable bonds is 4. The Bertz CT molecular complexity index is 611. The topological polar surface area (TPSA) is 72.5 Å². The number of carbonyl (C=O) groups excluding carboxylic acids is 1. The molecule has 2 aromatic rings. The SMILES string of the molecule is CCOC(=O)c1ccc(Sc2ccc(O)c(N)c2)cc1. The van der Waals surface area contributed by atoms with Crippen LogP contribution in [0.25, 0.3) is 0 Å². The average molecular weight is 289 g/mol. The van der Waals surface area contributed by atoms with Gasteiger partial charge in [-0.2, -0.15) is 0 Å². The lowest BCUT2D eigenvalue weighted by atomic mass is 10.2. The third kappa shape index (κ3) is 3.45. The van der Waals surface area contributed by atoms with Gasteiger partial charge in [0, 0.05) is 9.79 Å². The van der Waals surface area contributed by atoms with Crippen molar-refractivity contribution in [1.82, 2.24) is 0 Å². The van der Waals surface area contributed by atoms with Crippen LogP contribution in [0.4, 0.5) is 5.69 Å². The summed E-state index contributed by atoms with van der Waals surface area (Å²) in [6, 6.07) is 12.2. The largest absolute Gasteiger partial charge is 0.506 e. The van der Waals surface area contributed by atoms with E-state index in [1.807, 2.05) is 12.1 Å². The monoisotopic (exact) mass is 289 g/mol. The van der Waals surface area contributed by atoms with Crippen molar-refractivity contribution in [3.05, 3.63) is 48.0 Å². The standard InChI is InChI=1S/C15H15NO3S/c1-2-19-15(18)10-3-5-11(6-4-10)20-12-7-8-14(17)13(16)9-12/h3-9,17H,2,16H2,1H3. The van der Waals surface area contributed by atoms with Crippen molar-refractivity contribution in [2.75, 3.05) is 12.3 Å². The van der Waals surface area contributed by atoms with Crippen LogP contribution in [0.5, 0.6) is 5.75 Å². The van der Waals surface area contributed by atoms with Crippen molar-refractivity contribution in [1.29, 1.82) is 0 Å². The van der Waals surface area contributed by atoms with Gasteiger partial charge >= 0.3 is 5.97 Å². The van der Waals surface area contributed by atoms with Crippen molar-refractivity contribution in [2.45, 2.75) is 16.7 Å². The van der Waals surface area contributed by atoms with Gasteiger partial charge < -0.3 is 15.6 Å². The summed E-state index contributed by atoms with van der Waals surface area (Å²) in [7, 11) is 0. The molecule has 0 saturated heterocycles. The second-order valence-electron chi connectivity index (χ2n) is 4.07. The van der Waals surface area contributed by atoms with E-state index >= 15 is 0 Å². The Labute approximate surface area is 121 Å². The van der Waals surface area contributed by atoms with Crippen molar-refractivity contribution in [2.24, 2.45) is 0 Å². The van der Waals surface area contributed by atoms with Crippen molar-refractivity contribution >= 4 is 23.4 Å². The molecule has 0 aromatic heterocycles. The summed E-state index contributed by atoms with van der Waals surface area (Å²) >= 11 is 1.50. The van der Waals surface area contributed by atoms with Crippen LogP contribution in [-0.4, -0.2) is 17.7 Å². The van der Waals surface area contributed by atoms with E-state index in [1.54, 1.807) is 37.3 Å². The summed E-state index contributed by atoms with van der Waals surface area (Å²) in [4.78, 5) is 13.4. The fraction of sp³-hybridized carbons (Fsp3) is 0.133. The zero-order valence-electron chi connectivity index (χ0n) is 11.0. The zero-order valence-corrected chi connectivity index (χ0v) is 11.8. The van der Waals surface area contributed by atoms with Gasteiger partial charge in [-0.25, -0.2) is 4.79 Å². The van der Waals surface area contributed by atoms with E-state index in [2.05, 4.69) is 0 Å².